The molecule has 84 valence electrons. The van der Waals surface area contributed by atoms with E-state index in [0.29, 0.717) is 11.5 Å². The number of hydrogen-bond donors (Lipinski definition) is 2. The quantitative estimate of drug-likeness (QED) is 0.740. The summed E-state index contributed by atoms with van der Waals surface area (Å²) in [4.78, 5) is 9.98. The van der Waals surface area contributed by atoms with Crippen LogP contribution in [0.1, 0.15) is 6.92 Å². The molecule has 0 bridgehead atoms. The molecule has 15 heavy (non-hydrogen) atoms. The van der Waals surface area contributed by atoms with E-state index in [-0.39, 0.29) is 5.15 Å². The van der Waals surface area contributed by atoms with Gasteiger partial charge in [0.1, 0.15) is 12.0 Å². The molecule has 0 spiro atoms. The topological polar surface area (TPSA) is 67.1 Å². The summed E-state index contributed by atoms with van der Waals surface area (Å²) in [5.74, 6) is 0.597. The average Bonchev–Trinajstić information content (AvgIpc) is 2.24. The summed E-state index contributed by atoms with van der Waals surface area (Å²) < 4.78 is 0. The molecule has 1 rings (SSSR count). The van der Waals surface area contributed by atoms with Gasteiger partial charge in [0.2, 0.25) is 0 Å². The van der Waals surface area contributed by atoms with Crippen molar-refractivity contribution < 1.29 is 0 Å². The first-order valence-electron chi connectivity index (χ1n) is 4.83. The summed E-state index contributed by atoms with van der Waals surface area (Å²) in [5.41, 5.74) is 6.10. The summed E-state index contributed by atoms with van der Waals surface area (Å²) >= 11 is 5.76. The molecule has 0 aliphatic carbocycles. The SMILES string of the molecule is CCN(C)CCNc1ncnc(Cl)c1N. The van der Waals surface area contributed by atoms with Gasteiger partial charge in [-0.15, -0.1) is 0 Å². The highest BCUT2D eigenvalue weighted by atomic mass is 35.5. The number of hydrogen-bond acceptors (Lipinski definition) is 5. The van der Waals surface area contributed by atoms with E-state index in [4.69, 9.17) is 17.3 Å². The standard InChI is InChI=1S/C9H16ClN5/c1-3-15(2)5-4-12-9-7(11)8(10)13-6-14-9/h6H,3-5,11H2,1-2H3,(H,12,13,14). The number of likely N-dealkylation sites (N-methyl/N-ethyl adjacent to an activating group) is 1. The minimum absolute atomic E-state index is 0.288. The minimum Gasteiger partial charge on any atom is -0.393 e. The Morgan fingerprint density at radius 1 is 1.53 bits per heavy atom. The van der Waals surface area contributed by atoms with Gasteiger partial charge in [-0.2, -0.15) is 0 Å². The fraction of sp³-hybridized carbons (Fsp3) is 0.556. The van der Waals surface area contributed by atoms with Crippen LogP contribution in [0, 0.1) is 0 Å². The highest BCUT2D eigenvalue weighted by Crippen LogP contribution is 2.21. The first kappa shape index (κ1) is 12.0. The summed E-state index contributed by atoms with van der Waals surface area (Å²) in [5, 5.41) is 3.41. The maximum Gasteiger partial charge on any atom is 0.157 e. The van der Waals surface area contributed by atoms with Crippen LogP contribution < -0.4 is 11.1 Å². The third-order valence-corrected chi connectivity index (χ3v) is 2.46. The summed E-state index contributed by atoms with van der Waals surface area (Å²) in [7, 11) is 2.05. The first-order valence-corrected chi connectivity index (χ1v) is 5.21. The van der Waals surface area contributed by atoms with Gasteiger partial charge in [-0.05, 0) is 13.6 Å². The normalized spacial score (nSPS) is 10.7. The van der Waals surface area contributed by atoms with Crippen molar-refractivity contribution >= 4 is 23.1 Å². The van der Waals surface area contributed by atoms with Gasteiger partial charge in [-0.3, -0.25) is 0 Å². The van der Waals surface area contributed by atoms with Crippen molar-refractivity contribution in [3.05, 3.63) is 11.5 Å². The van der Waals surface area contributed by atoms with Gasteiger partial charge in [-0.1, -0.05) is 18.5 Å². The molecule has 0 aliphatic heterocycles. The van der Waals surface area contributed by atoms with Crippen molar-refractivity contribution in [2.45, 2.75) is 6.92 Å². The van der Waals surface area contributed by atoms with E-state index in [0.717, 1.165) is 19.6 Å². The van der Waals surface area contributed by atoms with Gasteiger partial charge in [0, 0.05) is 13.1 Å². The summed E-state index contributed by atoms with van der Waals surface area (Å²) in [6, 6.07) is 0. The molecule has 0 unspecified atom stereocenters. The van der Waals surface area contributed by atoms with Crippen LogP contribution in [0.4, 0.5) is 11.5 Å². The van der Waals surface area contributed by atoms with Crippen molar-refractivity contribution in [3.8, 4) is 0 Å². The lowest BCUT2D eigenvalue weighted by atomic mass is 10.4. The molecular weight excluding hydrogens is 214 g/mol. The fourth-order valence-electron chi connectivity index (χ4n) is 1.04. The predicted molar refractivity (Wildman–Crippen MR) is 63.1 cm³/mol. The van der Waals surface area contributed by atoms with Crippen molar-refractivity contribution in [1.82, 2.24) is 14.9 Å². The van der Waals surface area contributed by atoms with Gasteiger partial charge < -0.3 is 16.0 Å². The zero-order valence-corrected chi connectivity index (χ0v) is 9.75. The van der Waals surface area contributed by atoms with E-state index in [1.807, 2.05) is 0 Å². The lowest BCUT2D eigenvalue weighted by Crippen LogP contribution is -2.25. The highest BCUT2D eigenvalue weighted by Gasteiger charge is 2.04. The third kappa shape index (κ3) is 3.53. The number of halogens is 1. The van der Waals surface area contributed by atoms with Gasteiger partial charge in [0.05, 0.1) is 0 Å². The molecule has 5 nitrogen and oxygen atoms in total. The molecule has 6 heteroatoms. The van der Waals surface area contributed by atoms with E-state index in [1.54, 1.807) is 0 Å². The van der Waals surface area contributed by atoms with Crippen LogP contribution in [0.5, 0.6) is 0 Å². The Bertz CT molecular complexity index is 317. The van der Waals surface area contributed by atoms with Crippen LogP contribution in [-0.4, -0.2) is 41.5 Å². The van der Waals surface area contributed by atoms with Crippen LogP contribution in [0.2, 0.25) is 5.15 Å². The van der Waals surface area contributed by atoms with Crippen LogP contribution in [0.25, 0.3) is 0 Å². The number of nitrogens with one attached hydrogen (secondary N) is 1. The molecule has 1 heterocycles. The van der Waals surface area contributed by atoms with Gasteiger partial charge in [0.15, 0.2) is 11.0 Å². The van der Waals surface area contributed by atoms with Crippen molar-refractivity contribution in [3.63, 3.8) is 0 Å². The highest BCUT2D eigenvalue weighted by molar-refractivity contribution is 6.32. The maximum absolute atomic E-state index is 5.76. The Balaban J connectivity index is 2.47. The molecular formula is C9H16ClN5. The Hall–Kier alpha value is -1.07. The number of anilines is 2. The molecule has 0 atom stereocenters. The lowest BCUT2D eigenvalue weighted by molar-refractivity contribution is 0.367. The maximum atomic E-state index is 5.76. The second kappa shape index (κ2) is 5.72. The Labute approximate surface area is 94.6 Å². The Morgan fingerprint density at radius 3 is 2.93 bits per heavy atom. The number of nitrogens with zero attached hydrogens (tertiary/aromatic N) is 3. The van der Waals surface area contributed by atoms with Gasteiger partial charge >= 0.3 is 0 Å². The molecule has 0 saturated carbocycles. The van der Waals surface area contributed by atoms with Crippen molar-refractivity contribution in [2.75, 3.05) is 37.7 Å². The Kier molecular flexibility index (Phi) is 4.58. The number of nitrogen functional groups attached to an aromatic ring is 1. The smallest absolute Gasteiger partial charge is 0.157 e. The van der Waals surface area contributed by atoms with Crippen LogP contribution in [0.3, 0.4) is 0 Å². The fourth-order valence-corrected chi connectivity index (χ4v) is 1.17. The zero-order valence-electron chi connectivity index (χ0n) is 9.00. The third-order valence-electron chi connectivity index (χ3n) is 2.16. The number of rotatable bonds is 5. The van der Waals surface area contributed by atoms with Gasteiger partial charge in [0.25, 0.3) is 0 Å². The zero-order chi connectivity index (χ0) is 11.3. The van der Waals surface area contributed by atoms with E-state index < -0.39 is 0 Å². The van der Waals surface area contributed by atoms with Gasteiger partial charge in [-0.25, -0.2) is 9.97 Å². The van der Waals surface area contributed by atoms with E-state index in [1.165, 1.54) is 6.33 Å². The summed E-state index contributed by atoms with van der Waals surface area (Å²) in [6.45, 7) is 4.83. The molecule has 1 aromatic heterocycles. The molecule has 0 amide bonds. The second-order valence-corrected chi connectivity index (χ2v) is 3.61. The van der Waals surface area contributed by atoms with Crippen molar-refractivity contribution in [1.29, 1.82) is 0 Å². The number of nitrogens with two attached hydrogens (primary N) is 1. The molecule has 0 aliphatic rings. The van der Waals surface area contributed by atoms with E-state index in [9.17, 15) is 0 Å². The first-order chi connectivity index (χ1) is 7.15. The molecule has 0 saturated heterocycles. The largest absolute Gasteiger partial charge is 0.393 e. The Morgan fingerprint density at radius 2 is 2.27 bits per heavy atom. The lowest BCUT2D eigenvalue weighted by Gasteiger charge is -2.14. The molecule has 0 radical (unpaired) electrons. The monoisotopic (exact) mass is 229 g/mol. The average molecular weight is 230 g/mol. The molecule has 0 aromatic carbocycles. The molecule has 3 N–H and O–H groups in total. The van der Waals surface area contributed by atoms with Crippen molar-refractivity contribution in [2.24, 2.45) is 0 Å². The van der Waals surface area contributed by atoms with Crippen LogP contribution >= 0.6 is 11.6 Å². The van der Waals surface area contributed by atoms with E-state index >= 15 is 0 Å². The summed E-state index contributed by atoms with van der Waals surface area (Å²) in [6.07, 6.45) is 1.39. The predicted octanol–water partition coefficient (Wildman–Crippen LogP) is 1.08. The van der Waals surface area contributed by atoms with Crippen LogP contribution in [-0.2, 0) is 0 Å². The second-order valence-electron chi connectivity index (χ2n) is 3.25. The minimum atomic E-state index is 0.288. The molecule has 1 aromatic rings. The van der Waals surface area contributed by atoms with E-state index in [2.05, 4.69) is 34.2 Å². The van der Waals surface area contributed by atoms with Crippen LogP contribution in [0.15, 0.2) is 6.33 Å². The number of aromatic nitrogens is 2. The molecule has 0 fully saturated rings.